The third kappa shape index (κ3) is 6.66. The molecule has 2 amide bonds. The first kappa shape index (κ1) is 25.0. The highest BCUT2D eigenvalue weighted by molar-refractivity contribution is 5.95. The average Bonchev–Trinajstić information content (AvgIpc) is 3.24. The number of hydrogen-bond donors (Lipinski definition) is 1. The number of hydrogen-bond acceptors (Lipinski definition) is 6. The summed E-state index contributed by atoms with van der Waals surface area (Å²) in [5.74, 6) is -2.22. The van der Waals surface area contributed by atoms with Gasteiger partial charge in [0.15, 0.2) is 6.61 Å². The van der Waals surface area contributed by atoms with Crippen molar-refractivity contribution in [3.8, 4) is 0 Å². The van der Waals surface area contributed by atoms with E-state index in [9.17, 15) is 19.2 Å². The molecule has 1 aliphatic heterocycles. The van der Waals surface area contributed by atoms with E-state index >= 15 is 0 Å². The zero-order chi connectivity index (χ0) is 24.5. The van der Waals surface area contributed by atoms with E-state index in [1.54, 1.807) is 29.2 Å². The van der Waals surface area contributed by atoms with Gasteiger partial charge in [0.05, 0.1) is 24.1 Å². The van der Waals surface area contributed by atoms with Crippen molar-refractivity contribution in [1.29, 1.82) is 0 Å². The van der Waals surface area contributed by atoms with Gasteiger partial charge in [-0.05, 0) is 43.2 Å². The van der Waals surface area contributed by atoms with E-state index in [4.69, 9.17) is 9.47 Å². The monoisotopic (exact) mass is 466 g/mol. The summed E-state index contributed by atoms with van der Waals surface area (Å²) in [6.45, 7) is 4.10. The minimum atomic E-state index is -0.607. The predicted molar refractivity (Wildman–Crippen MR) is 126 cm³/mol. The van der Waals surface area contributed by atoms with Gasteiger partial charge < -0.3 is 19.7 Å². The molecule has 2 aromatic carbocycles. The van der Waals surface area contributed by atoms with Crippen LogP contribution in [-0.4, -0.2) is 48.4 Å². The number of anilines is 1. The topological polar surface area (TPSA) is 102 Å². The van der Waals surface area contributed by atoms with Crippen LogP contribution in [0.2, 0.25) is 0 Å². The van der Waals surface area contributed by atoms with Crippen LogP contribution in [0.5, 0.6) is 0 Å². The lowest BCUT2D eigenvalue weighted by molar-refractivity contribution is -0.151. The Hall–Kier alpha value is -3.68. The fourth-order valence-electron chi connectivity index (χ4n) is 3.71. The Balaban J connectivity index is 1.44. The van der Waals surface area contributed by atoms with Gasteiger partial charge in [-0.2, -0.15) is 0 Å². The first-order chi connectivity index (χ1) is 16.4. The normalized spacial score (nSPS) is 16.1. The molecule has 1 N–H and O–H groups in total. The van der Waals surface area contributed by atoms with Crippen LogP contribution >= 0.6 is 0 Å². The van der Waals surface area contributed by atoms with Gasteiger partial charge in [-0.15, -0.1) is 0 Å². The van der Waals surface area contributed by atoms with Crippen LogP contribution in [0.1, 0.15) is 55.1 Å². The smallest absolute Gasteiger partial charge is 0.338 e. The Kier molecular flexibility index (Phi) is 8.79. The maximum atomic E-state index is 12.4. The number of unbranched alkanes of at least 4 members (excludes halogenated alkanes) is 1. The summed E-state index contributed by atoms with van der Waals surface area (Å²) in [4.78, 5) is 50.7. The Morgan fingerprint density at radius 3 is 2.44 bits per heavy atom. The second-order valence-corrected chi connectivity index (χ2v) is 8.26. The van der Waals surface area contributed by atoms with Crippen LogP contribution in [0.25, 0.3) is 0 Å². The van der Waals surface area contributed by atoms with Crippen molar-refractivity contribution in [2.75, 3.05) is 25.1 Å². The zero-order valence-electron chi connectivity index (χ0n) is 19.5. The summed E-state index contributed by atoms with van der Waals surface area (Å²) in [6, 6.07) is 15.7. The van der Waals surface area contributed by atoms with Crippen molar-refractivity contribution in [2.24, 2.45) is 5.92 Å². The first-order valence-electron chi connectivity index (χ1n) is 11.5. The lowest BCUT2D eigenvalue weighted by atomic mass is 10.1. The Bertz CT molecular complexity index is 1010. The number of nitrogens with one attached hydrogen (secondary N) is 1. The number of carbonyl (C=O) groups is 4. The standard InChI is InChI=1S/C26H30N2O6/c1-3-4-14-33-25(31)20-10-12-22(13-11-20)27-23(29)17-34-26(32)21-15-24(30)28(16-21)18(2)19-8-6-5-7-9-19/h5-13,18,21H,3-4,14-17H2,1-2H3,(H,27,29)/t18-,21-/m0/s1. The van der Waals surface area contributed by atoms with Crippen molar-refractivity contribution in [2.45, 2.75) is 39.2 Å². The van der Waals surface area contributed by atoms with E-state index in [1.165, 1.54) is 0 Å². The molecular formula is C26H30N2O6. The number of carbonyl (C=O) groups excluding carboxylic acids is 4. The second kappa shape index (κ2) is 12.0. The lowest BCUT2D eigenvalue weighted by Crippen LogP contribution is -2.30. The molecule has 180 valence electrons. The summed E-state index contributed by atoms with van der Waals surface area (Å²) in [6.07, 6.45) is 1.80. The summed E-state index contributed by atoms with van der Waals surface area (Å²) in [5, 5.41) is 2.62. The van der Waals surface area contributed by atoms with E-state index in [2.05, 4.69) is 5.32 Å². The highest BCUT2D eigenvalue weighted by atomic mass is 16.5. The van der Waals surface area contributed by atoms with E-state index in [0.717, 1.165) is 18.4 Å². The molecule has 0 spiro atoms. The summed E-state index contributed by atoms with van der Waals surface area (Å²) >= 11 is 0. The highest BCUT2D eigenvalue weighted by Gasteiger charge is 2.38. The van der Waals surface area contributed by atoms with E-state index in [1.807, 2.05) is 44.2 Å². The van der Waals surface area contributed by atoms with Gasteiger partial charge in [0.2, 0.25) is 5.91 Å². The van der Waals surface area contributed by atoms with Gasteiger partial charge in [-0.1, -0.05) is 43.7 Å². The molecule has 3 rings (SSSR count). The van der Waals surface area contributed by atoms with Gasteiger partial charge in [-0.3, -0.25) is 14.4 Å². The van der Waals surface area contributed by atoms with Gasteiger partial charge in [-0.25, -0.2) is 4.79 Å². The van der Waals surface area contributed by atoms with Crippen LogP contribution in [0.3, 0.4) is 0 Å². The molecule has 0 unspecified atom stereocenters. The van der Waals surface area contributed by atoms with E-state index in [-0.39, 0.29) is 24.9 Å². The quantitative estimate of drug-likeness (QED) is 0.423. The molecule has 0 aliphatic carbocycles. The first-order valence-corrected chi connectivity index (χ1v) is 11.5. The number of amides is 2. The van der Waals surface area contributed by atoms with Crippen LogP contribution in [0.15, 0.2) is 54.6 Å². The highest BCUT2D eigenvalue weighted by Crippen LogP contribution is 2.29. The zero-order valence-corrected chi connectivity index (χ0v) is 19.5. The molecule has 8 heteroatoms. The molecule has 1 saturated heterocycles. The molecule has 0 aromatic heterocycles. The molecule has 2 atom stereocenters. The van der Waals surface area contributed by atoms with Gasteiger partial charge in [0, 0.05) is 18.7 Å². The third-order valence-electron chi connectivity index (χ3n) is 5.72. The molecule has 1 heterocycles. The largest absolute Gasteiger partial charge is 0.462 e. The Morgan fingerprint density at radius 2 is 1.76 bits per heavy atom. The third-order valence-corrected chi connectivity index (χ3v) is 5.72. The molecule has 1 fully saturated rings. The summed E-state index contributed by atoms with van der Waals surface area (Å²) < 4.78 is 10.3. The van der Waals surface area contributed by atoms with E-state index < -0.39 is 30.4 Å². The van der Waals surface area contributed by atoms with Crippen LogP contribution < -0.4 is 5.32 Å². The number of esters is 2. The fourth-order valence-corrected chi connectivity index (χ4v) is 3.71. The van der Waals surface area contributed by atoms with Crippen molar-refractivity contribution < 1.29 is 28.7 Å². The molecular weight excluding hydrogens is 436 g/mol. The molecule has 0 saturated carbocycles. The lowest BCUT2D eigenvalue weighted by Gasteiger charge is -2.25. The van der Waals surface area contributed by atoms with Crippen LogP contribution in [-0.2, 0) is 23.9 Å². The van der Waals surface area contributed by atoms with Gasteiger partial charge in [0.1, 0.15) is 0 Å². The summed E-state index contributed by atoms with van der Waals surface area (Å²) in [5.41, 5.74) is 1.84. The maximum absolute atomic E-state index is 12.4. The molecule has 2 aromatic rings. The van der Waals surface area contributed by atoms with Gasteiger partial charge >= 0.3 is 11.9 Å². The Labute approximate surface area is 199 Å². The molecule has 34 heavy (non-hydrogen) atoms. The minimum absolute atomic E-state index is 0.0629. The number of benzene rings is 2. The molecule has 8 nitrogen and oxygen atoms in total. The number of nitrogens with zero attached hydrogens (tertiary/aromatic N) is 1. The van der Waals surface area contributed by atoms with Gasteiger partial charge in [0.25, 0.3) is 5.91 Å². The molecule has 1 aliphatic rings. The fraction of sp³-hybridized carbons (Fsp3) is 0.385. The number of likely N-dealkylation sites (tertiary alicyclic amines) is 1. The van der Waals surface area contributed by atoms with Crippen LogP contribution in [0.4, 0.5) is 5.69 Å². The summed E-state index contributed by atoms with van der Waals surface area (Å²) in [7, 11) is 0. The molecule has 0 radical (unpaired) electrons. The number of ether oxygens (including phenoxy) is 2. The average molecular weight is 467 g/mol. The SMILES string of the molecule is CCCCOC(=O)c1ccc(NC(=O)COC(=O)[C@H]2CC(=O)N([C@@H](C)c3ccccc3)C2)cc1. The van der Waals surface area contributed by atoms with Crippen molar-refractivity contribution in [1.82, 2.24) is 4.90 Å². The molecule has 0 bridgehead atoms. The van der Waals surface area contributed by atoms with Crippen LogP contribution in [0, 0.1) is 5.92 Å². The Morgan fingerprint density at radius 1 is 1.06 bits per heavy atom. The minimum Gasteiger partial charge on any atom is -0.462 e. The number of rotatable bonds is 10. The van der Waals surface area contributed by atoms with E-state index in [0.29, 0.717) is 17.9 Å². The van der Waals surface area contributed by atoms with Crippen molar-refractivity contribution >= 4 is 29.4 Å². The van der Waals surface area contributed by atoms with Crippen molar-refractivity contribution in [3.63, 3.8) is 0 Å². The second-order valence-electron chi connectivity index (χ2n) is 8.26. The maximum Gasteiger partial charge on any atom is 0.338 e. The predicted octanol–water partition coefficient (Wildman–Crippen LogP) is 3.73. The van der Waals surface area contributed by atoms with Crippen molar-refractivity contribution in [3.05, 3.63) is 65.7 Å².